The zero-order valence-corrected chi connectivity index (χ0v) is 12.4. The van der Waals surface area contributed by atoms with E-state index < -0.39 is 11.6 Å². The van der Waals surface area contributed by atoms with Gasteiger partial charge in [-0.2, -0.15) is 0 Å². The first kappa shape index (κ1) is 14.4. The number of nitrogens with zero attached hydrogens (tertiary/aromatic N) is 2. The smallest absolute Gasteiger partial charge is 0.164 e. The van der Waals surface area contributed by atoms with Gasteiger partial charge in [0.15, 0.2) is 5.82 Å². The summed E-state index contributed by atoms with van der Waals surface area (Å²) < 4.78 is 26.8. The summed E-state index contributed by atoms with van der Waals surface area (Å²) >= 11 is 18.2. The third-order valence-electron chi connectivity index (χ3n) is 2.88. The first-order valence-electron chi connectivity index (χ1n) is 5.74. The normalized spacial score (nSPS) is 11.1. The zero-order chi connectivity index (χ0) is 15.1. The van der Waals surface area contributed by atoms with Gasteiger partial charge >= 0.3 is 0 Å². The Morgan fingerprint density at radius 2 is 1.57 bits per heavy atom. The Hall–Kier alpha value is -1.49. The molecule has 0 unspecified atom stereocenters. The Balaban J connectivity index is 2.33. The van der Waals surface area contributed by atoms with Crippen molar-refractivity contribution in [3.8, 4) is 11.4 Å². The first-order valence-corrected chi connectivity index (χ1v) is 6.87. The number of halogens is 5. The van der Waals surface area contributed by atoms with Crippen LogP contribution < -0.4 is 0 Å². The highest BCUT2D eigenvalue weighted by Crippen LogP contribution is 2.34. The van der Waals surface area contributed by atoms with Gasteiger partial charge in [-0.25, -0.2) is 18.7 Å². The van der Waals surface area contributed by atoms with Crippen molar-refractivity contribution >= 4 is 45.7 Å². The van der Waals surface area contributed by atoms with Gasteiger partial charge in [0.25, 0.3) is 0 Å². The van der Waals surface area contributed by atoms with Crippen molar-refractivity contribution in [2.24, 2.45) is 0 Å². The SMILES string of the molecule is Fc1ccc(-c2nc(Cl)c3c(Cl)ccc(Cl)c3n2)c(F)c1. The van der Waals surface area contributed by atoms with Crippen LogP contribution in [0.25, 0.3) is 22.3 Å². The maximum atomic E-state index is 13.8. The van der Waals surface area contributed by atoms with E-state index in [1.54, 1.807) is 12.1 Å². The highest BCUT2D eigenvalue weighted by Gasteiger charge is 2.16. The zero-order valence-electron chi connectivity index (χ0n) is 10.2. The standard InChI is InChI=1S/C14H5Cl3F2N2/c15-8-3-4-9(16)12-11(8)13(17)21-14(20-12)7-2-1-6(18)5-10(7)19/h1-5H. The Kier molecular flexibility index (Phi) is 3.69. The molecule has 0 saturated heterocycles. The average Bonchev–Trinajstić information content (AvgIpc) is 2.42. The molecule has 0 spiro atoms. The van der Waals surface area contributed by atoms with Gasteiger partial charge in [-0.3, -0.25) is 0 Å². The Bertz CT molecular complexity index is 868. The van der Waals surface area contributed by atoms with E-state index >= 15 is 0 Å². The van der Waals surface area contributed by atoms with E-state index in [9.17, 15) is 8.78 Å². The van der Waals surface area contributed by atoms with Gasteiger partial charge in [-0.1, -0.05) is 34.8 Å². The molecule has 2 nitrogen and oxygen atoms in total. The number of benzene rings is 2. The molecule has 3 aromatic rings. The monoisotopic (exact) mass is 344 g/mol. The molecule has 0 bridgehead atoms. The summed E-state index contributed by atoms with van der Waals surface area (Å²) in [5.41, 5.74) is 0.333. The van der Waals surface area contributed by atoms with Crippen LogP contribution in [0.1, 0.15) is 0 Å². The summed E-state index contributed by atoms with van der Waals surface area (Å²) in [4.78, 5) is 8.20. The fourth-order valence-electron chi connectivity index (χ4n) is 1.92. The number of hydrogen-bond donors (Lipinski definition) is 0. The van der Waals surface area contributed by atoms with Crippen LogP contribution in [-0.4, -0.2) is 9.97 Å². The number of hydrogen-bond acceptors (Lipinski definition) is 2. The highest BCUT2D eigenvalue weighted by atomic mass is 35.5. The maximum absolute atomic E-state index is 13.8. The molecule has 0 aliphatic rings. The van der Waals surface area contributed by atoms with Gasteiger partial charge in [0.1, 0.15) is 16.8 Å². The van der Waals surface area contributed by atoms with E-state index in [0.717, 1.165) is 12.1 Å². The number of rotatable bonds is 1. The maximum Gasteiger partial charge on any atom is 0.164 e. The van der Waals surface area contributed by atoms with Crippen LogP contribution in [0.2, 0.25) is 15.2 Å². The molecule has 0 amide bonds. The van der Waals surface area contributed by atoms with Crippen LogP contribution in [0.3, 0.4) is 0 Å². The van der Waals surface area contributed by atoms with Crippen LogP contribution in [0.15, 0.2) is 30.3 Å². The molecule has 0 radical (unpaired) electrons. The van der Waals surface area contributed by atoms with Gasteiger partial charge in [0.05, 0.1) is 26.5 Å². The van der Waals surface area contributed by atoms with Crippen molar-refractivity contribution in [1.82, 2.24) is 9.97 Å². The number of fused-ring (bicyclic) bond motifs is 1. The second-order valence-electron chi connectivity index (χ2n) is 4.22. The van der Waals surface area contributed by atoms with E-state index in [-0.39, 0.29) is 16.5 Å². The van der Waals surface area contributed by atoms with Gasteiger partial charge in [0.2, 0.25) is 0 Å². The molecule has 0 N–H and O–H groups in total. The summed E-state index contributed by atoms with van der Waals surface area (Å²) in [6.45, 7) is 0. The van der Waals surface area contributed by atoms with Crippen LogP contribution >= 0.6 is 34.8 Å². The molecular formula is C14H5Cl3F2N2. The van der Waals surface area contributed by atoms with Crippen LogP contribution in [-0.2, 0) is 0 Å². The number of aromatic nitrogens is 2. The van der Waals surface area contributed by atoms with Gasteiger partial charge in [0, 0.05) is 6.07 Å². The molecule has 1 heterocycles. The van der Waals surface area contributed by atoms with Crippen LogP contribution in [0.5, 0.6) is 0 Å². The minimum Gasteiger partial charge on any atom is -0.226 e. The van der Waals surface area contributed by atoms with Crippen LogP contribution in [0, 0.1) is 11.6 Å². The van der Waals surface area contributed by atoms with Gasteiger partial charge < -0.3 is 0 Å². The highest BCUT2D eigenvalue weighted by molar-refractivity contribution is 6.44. The third-order valence-corrected chi connectivity index (χ3v) is 3.77. The van der Waals surface area contributed by atoms with Gasteiger partial charge in [-0.15, -0.1) is 0 Å². The fourth-order valence-corrected chi connectivity index (χ4v) is 2.68. The average molecular weight is 346 g/mol. The van der Waals surface area contributed by atoms with E-state index in [2.05, 4.69) is 9.97 Å². The Labute approximate surface area is 133 Å². The van der Waals surface area contributed by atoms with Crippen molar-refractivity contribution < 1.29 is 8.78 Å². The summed E-state index contributed by atoms with van der Waals surface area (Å²) in [6.07, 6.45) is 0. The predicted molar refractivity (Wildman–Crippen MR) is 79.9 cm³/mol. The molecule has 0 aliphatic carbocycles. The molecule has 2 aromatic carbocycles. The van der Waals surface area contributed by atoms with E-state index in [1.807, 2.05) is 0 Å². The lowest BCUT2D eigenvalue weighted by Gasteiger charge is -2.08. The lowest BCUT2D eigenvalue weighted by atomic mass is 10.1. The van der Waals surface area contributed by atoms with Crippen molar-refractivity contribution in [3.05, 3.63) is 57.2 Å². The molecule has 7 heteroatoms. The molecule has 0 fully saturated rings. The minimum atomic E-state index is -0.788. The molecule has 1 aromatic heterocycles. The second-order valence-corrected chi connectivity index (χ2v) is 5.39. The fraction of sp³-hybridized carbons (Fsp3) is 0. The molecule has 106 valence electrons. The molecule has 21 heavy (non-hydrogen) atoms. The molecule has 3 rings (SSSR count). The minimum absolute atomic E-state index is 0.00849. The van der Waals surface area contributed by atoms with Gasteiger partial charge in [-0.05, 0) is 24.3 Å². The topological polar surface area (TPSA) is 25.8 Å². The lowest BCUT2D eigenvalue weighted by molar-refractivity contribution is 0.585. The summed E-state index contributed by atoms with van der Waals surface area (Å²) in [5.74, 6) is -1.47. The quantitative estimate of drug-likeness (QED) is 0.542. The Morgan fingerprint density at radius 3 is 2.29 bits per heavy atom. The molecular weight excluding hydrogens is 341 g/mol. The second kappa shape index (κ2) is 5.37. The first-order chi connectivity index (χ1) is 9.97. The Morgan fingerprint density at radius 1 is 0.857 bits per heavy atom. The summed E-state index contributed by atoms with van der Waals surface area (Å²) in [7, 11) is 0. The van der Waals surface area contributed by atoms with E-state index in [1.165, 1.54) is 6.07 Å². The van der Waals surface area contributed by atoms with E-state index in [4.69, 9.17) is 34.8 Å². The van der Waals surface area contributed by atoms with E-state index in [0.29, 0.717) is 20.9 Å². The van der Waals surface area contributed by atoms with Crippen molar-refractivity contribution in [2.75, 3.05) is 0 Å². The largest absolute Gasteiger partial charge is 0.226 e. The van der Waals surface area contributed by atoms with Crippen molar-refractivity contribution in [2.45, 2.75) is 0 Å². The summed E-state index contributed by atoms with van der Waals surface area (Å²) in [6, 6.07) is 6.22. The summed E-state index contributed by atoms with van der Waals surface area (Å²) in [5, 5.41) is 1.08. The molecule has 0 aliphatic heterocycles. The molecule has 0 saturated carbocycles. The third kappa shape index (κ3) is 2.55. The van der Waals surface area contributed by atoms with Crippen molar-refractivity contribution in [1.29, 1.82) is 0 Å². The van der Waals surface area contributed by atoms with Crippen molar-refractivity contribution in [3.63, 3.8) is 0 Å². The molecule has 0 atom stereocenters. The predicted octanol–water partition coefficient (Wildman–Crippen LogP) is 5.54. The lowest BCUT2D eigenvalue weighted by Crippen LogP contribution is -1.96. The van der Waals surface area contributed by atoms with Crippen LogP contribution in [0.4, 0.5) is 8.78 Å².